The smallest absolute Gasteiger partial charge is 0.122 e. The van der Waals surface area contributed by atoms with Crippen molar-refractivity contribution in [2.24, 2.45) is 0 Å². The summed E-state index contributed by atoms with van der Waals surface area (Å²) in [6.07, 6.45) is -0.531. The molecule has 4 nitrogen and oxygen atoms in total. The van der Waals surface area contributed by atoms with Gasteiger partial charge in [0.15, 0.2) is 0 Å². The number of rotatable bonds is 9. The topological polar surface area (TPSA) is 35.9 Å². The predicted molar refractivity (Wildman–Crippen MR) is 163 cm³/mol. The number of piperazine rings is 1. The van der Waals surface area contributed by atoms with Crippen LogP contribution in [-0.4, -0.2) is 60.3 Å². The van der Waals surface area contributed by atoms with Gasteiger partial charge < -0.3 is 9.84 Å². The normalized spacial score (nSPS) is 15.1. The fourth-order valence-electron chi connectivity index (χ4n) is 5.36. The SMILES string of the molecule is Cc1ccc(-c2ccc(OCC(O)CN3CCN(C(c4ccccc4)c4ccccc4)CC3)c(C)c2)cc1.Cl. The Bertz CT molecular complexity index is 1250. The van der Waals surface area contributed by atoms with Crippen molar-refractivity contribution in [3.05, 3.63) is 125 Å². The third kappa shape index (κ3) is 7.49. The molecular weight excluding hydrogens is 504 g/mol. The lowest BCUT2D eigenvalue weighted by atomic mass is 9.96. The van der Waals surface area contributed by atoms with Crippen molar-refractivity contribution in [2.75, 3.05) is 39.3 Å². The van der Waals surface area contributed by atoms with Gasteiger partial charge in [-0.3, -0.25) is 9.80 Å². The number of hydrogen-bond donors (Lipinski definition) is 1. The first-order valence-corrected chi connectivity index (χ1v) is 13.6. The Balaban J connectivity index is 0.00000353. The number of hydrogen-bond acceptors (Lipinski definition) is 4. The number of β-amino-alcohol motifs (C(OH)–C–C–N with tert-alkyl or cyclic N) is 1. The molecule has 39 heavy (non-hydrogen) atoms. The van der Waals surface area contributed by atoms with Gasteiger partial charge in [0.05, 0.1) is 6.04 Å². The minimum Gasteiger partial charge on any atom is -0.491 e. The molecule has 5 rings (SSSR count). The van der Waals surface area contributed by atoms with Crippen LogP contribution in [0.2, 0.25) is 0 Å². The second kappa shape index (κ2) is 13.8. The van der Waals surface area contributed by atoms with Gasteiger partial charge in [0.1, 0.15) is 18.5 Å². The summed E-state index contributed by atoms with van der Waals surface area (Å²) < 4.78 is 6.04. The first-order chi connectivity index (χ1) is 18.6. The molecule has 1 fully saturated rings. The summed E-state index contributed by atoms with van der Waals surface area (Å²) >= 11 is 0. The second-order valence-corrected chi connectivity index (χ2v) is 10.4. The number of benzene rings is 4. The molecule has 1 N–H and O–H groups in total. The molecule has 1 aliphatic rings. The lowest BCUT2D eigenvalue weighted by Gasteiger charge is -2.40. The van der Waals surface area contributed by atoms with Crippen LogP contribution in [0.1, 0.15) is 28.3 Å². The van der Waals surface area contributed by atoms with Gasteiger partial charge in [-0.2, -0.15) is 0 Å². The van der Waals surface area contributed by atoms with Crippen molar-refractivity contribution < 1.29 is 9.84 Å². The Morgan fingerprint density at radius 3 is 1.85 bits per heavy atom. The first kappa shape index (κ1) is 28.8. The Morgan fingerprint density at radius 1 is 0.718 bits per heavy atom. The maximum atomic E-state index is 10.8. The van der Waals surface area contributed by atoms with E-state index < -0.39 is 6.10 Å². The van der Waals surface area contributed by atoms with E-state index >= 15 is 0 Å². The van der Waals surface area contributed by atoms with Crippen LogP contribution in [0.15, 0.2) is 103 Å². The minimum absolute atomic E-state index is 0. The van der Waals surface area contributed by atoms with E-state index in [1.807, 2.05) is 6.07 Å². The Labute approximate surface area is 239 Å². The van der Waals surface area contributed by atoms with Gasteiger partial charge in [-0.25, -0.2) is 0 Å². The van der Waals surface area contributed by atoms with Crippen LogP contribution >= 0.6 is 12.4 Å². The highest BCUT2D eigenvalue weighted by atomic mass is 35.5. The van der Waals surface area contributed by atoms with Crippen molar-refractivity contribution in [2.45, 2.75) is 26.0 Å². The first-order valence-electron chi connectivity index (χ1n) is 13.6. The van der Waals surface area contributed by atoms with Gasteiger partial charge in [-0.1, -0.05) is 96.6 Å². The molecule has 0 aromatic heterocycles. The van der Waals surface area contributed by atoms with Gasteiger partial charge in [-0.15, -0.1) is 12.4 Å². The Kier molecular flexibility index (Phi) is 10.2. The molecule has 204 valence electrons. The van der Waals surface area contributed by atoms with Crippen molar-refractivity contribution in [3.8, 4) is 16.9 Å². The highest BCUT2D eigenvalue weighted by Gasteiger charge is 2.27. The number of ether oxygens (including phenoxy) is 1. The van der Waals surface area contributed by atoms with Crippen LogP contribution < -0.4 is 4.74 Å². The predicted octanol–water partition coefficient (Wildman–Crippen LogP) is 6.54. The Morgan fingerprint density at radius 2 is 1.28 bits per heavy atom. The fourth-order valence-corrected chi connectivity index (χ4v) is 5.36. The highest BCUT2D eigenvalue weighted by Crippen LogP contribution is 2.30. The van der Waals surface area contributed by atoms with Gasteiger partial charge in [0, 0.05) is 32.7 Å². The third-order valence-electron chi connectivity index (χ3n) is 7.46. The largest absolute Gasteiger partial charge is 0.491 e. The number of halogens is 1. The molecule has 1 aliphatic heterocycles. The van der Waals surface area contributed by atoms with Crippen LogP contribution in [0.5, 0.6) is 5.75 Å². The zero-order chi connectivity index (χ0) is 26.3. The molecule has 0 amide bonds. The number of aliphatic hydroxyl groups excluding tert-OH is 1. The van der Waals surface area contributed by atoms with Gasteiger partial charge in [0.2, 0.25) is 0 Å². The van der Waals surface area contributed by atoms with E-state index in [4.69, 9.17) is 4.74 Å². The summed E-state index contributed by atoms with van der Waals surface area (Å²) in [6.45, 7) is 8.85. The second-order valence-electron chi connectivity index (χ2n) is 10.4. The maximum absolute atomic E-state index is 10.8. The molecule has 1 unspecified atom stereocenters. The third-order valence-corrected chi connectivity index (χ3v) is 7.46. The molecule has 0 radical (unpaired) electrons. The molecule has 0 spiro atoms. The van der Waals surface area contributed by atoms with Gasteiger partial charge in [-0.05, 0) is 53.8 Å². The zero-order valence-electron chi connectivity index (χ0n) is 22.9. The van der Waals surface area contributed by atoms with Crippen molar-refractivity contribution in [1.29, 1.82) is 0 Å². The van der Waals surface area contributed by atoms with E-state index in [1.165, 1.54) is 27.8 Å². The van der Waals surface area contributed by atoms with E-state index in [1.54, 1.807) is 0 Å². The monoisotopic (exact) mass is 542 g/mol. The molecule has 0 aliphatic carbocycles. The molecular formula is C34H39ClN2O2. The Hall–Kier alpha value is -3.15. The van der Waals surface area contributed by atoms with E-state index in [9.17, 15) is 5.11 Å². The molecule has 5 heteroatoms. The summed E-state index contributed by atoms with van der Waals surface area (Å²) in [7, 11) is 0. The lowest BCUT2D eigenvalue weighted by molar-refractivity contribution is 0.0399. The molecule has 4 aromatic carbocycles. The van der Waals surface area contributed by atoms with E-state index in [0.717, 1.165) is 37.5 Å². The van der Waals surface area contributed by atoms with E-state index in [2.05, 4.69) is 121 Å². The van der Waals surface area contributed by atoms with Crippen LogP contribution in [-0.2, 0) is 0 Å². The number of nitrogens with zero attached hydrogens (tertiary/aromatic N) is 2. The molecule has 1 heterocycles. The van der Waals surface area contributed by atoms with Crippen molar-refractivity contribution in [3.63, 3.8) is 0 Å². The summed E-state index contributed by atoms with van der Waals surface area (Å²) in [5, 5.41) is 10.8. The molecule has 1 saturated heterocycles. The summed E-state index contributed by atoms with van der Waals surface area (Å²) in [5.41, 5.74) is 7.36. The van der Waals surface area contributed by atoms with Crippen LogP contribution in [0.25, 0.3) is 11.1 Å². The minimum atomic E-state index is -0.531. The summed E-state index contributed by atoms with van der Waals surface area (Å²) in [5.74, 6) is 0.832. The van der Waals surface area contributed by atoms with E-state index in [-0.39, 0.29) is 18.4 Å². The quantitative estimate of drug-likeness (QED) is 0.260. The van der Waals surface area contributed by atoms with E-state index in [0.29, 0.717) is 13.2 Å². The lowest BCUT2D eigenvalue weighted by Crippen LogP contribution is -2.50. The fraction of sp³-hybridized carbons (Fsp3) is 0.294. The van der Waals surface area contributed by atoms with Crippen LogP contribution in [0, 0.1) is 13.8 Å². The van der Waals surface area contributed by atoms with Crippen molar-refractivity contribution >= 4 is 12.4 Å². The van der Waals surface area contributed by atoms with Crippen LogP contribution in [0.4, 0.5) is 0 Å². The van der Waals surface area contributed by atoms with Gasteiger partial charge in [0.25, 0.3) is 0 Å². The average molecular weight is 543 g/mol. The molecule has 0 bridgehead atoms. The molecule has 1 atom stereocenters. The number of aryl methyl sites for hydroxylation is 2. The van der Waals surface area contributed by atoms with Crippen molar-refractivity contribution in [1.82, 2.24) is 9.80 Å². The molecule has 4 aromatic rings. The summed E-state index contributed by atoms with van der Waals surface area (Å²) in [6, 6.07) is 36.6. The standard InChI is InChI=1S/C34H38N2O2.ClH/c1-26-13-15-28(16-14-26)31-17-18-33(27(2)23-31)38-25-32(37)24-35-19-21-36(22-20-35)34(29-9-5-3-6-10-29)30-11-7-4-8-12-30;/h3-18,23,32,34,37H,19-22,24-25H2,1-2H3;1H. The average Bonchev–Trinajstić information content (AvgIpc) is 2.95. The maximum Gasteiger partial charge on any atom is 0.122 e. The van der Waals surface area contributed by atoms with Gasteiger partial charge >= 0.3 is 0 Å². The zero-order valence-corrected chi connectivity index (χ0v) is 23.7. The van der Waals surface area contributed by atoms with Crippen LogP contribution in [0.3, 0.4) is 0 Å². The highest BCUT2D eigenvalue weighted by molar-refractivity contribution is 5.85. The summed E-state index contributed by atoms with van der Waals surface area (Å²) in [4.78, 5) is 4.91. The molecule has 0 saturated carbocycles. The number of aliphatic hydroxyl groups is 1.